The quantitative estimate of drug-likeness (QED) is 0.905. The lowest BCUT2D eigenvalue weighted by molar-refractivity contribution is 0.0933. The first-order valence-electron chi connectivity index (χ1n) is 7.95. The number of nitrogens with zero attached hydrogens (tertiary/aromatic N) is 2. The zero-order chi connectivity index (χ0) is 16.2. The zero-order valence-corrected chi connectivity index (χ0v) is 13.9. The van der Waals surface area contributed by atoms with Gasteiger partial charge >= 0.3 is 0 Å². The average molecular weight is 333 g/mol. The number of benzene rings is 1. The van der Waals surface area contributed by atoms with Gasteiger partial charge in [0.2, 0.25) is 0 Å². The molecule has 2 heterocycles. The van der Waals surface area contributed by atoms with Gasteiger partial charge < -0.3 is 10.6 Å². The normalized spacial score (nSPS) is 19.3. The standard InChI is InChI=1S/C17H21ClN4O/c1-12(13-4-2-5-14(18)10-13)20-17(23)16-7-9-22(21-16)15-6-3-8-19-11-15/h2,4-5,7,9-10,12,15,19H,3,6,8,11H2,1H3,(H,20,23). The Kier molecular flexibility index (Phi) is 4.98. The molecule has 2 unspecified atom stereocenters. The molecule has 0 saturated carbocycles. The maximum atomic E-state index is 12.4. The molecule has 1 aromatic heterocycles. The summed E-state index contributed by atoms with van der Waals surface area (Å²) in [5.74, 6) is -0.167. The minimum absolute atomic E-state index is 0.123. The summed E-state index contributed by atoms with van der Waals surface area (Å²) >= 11 is 6.00. The molecule has 3 rings (SSSR count). The monoisotopic (exact) mass is 332 g/mol. The van der Waals surface area contributed by atoms with Crippen LogP contribution in [-0.2, 0) is 0 Å². The van der Waals surface area contributed by atoms with Gasteiger partial charge in [0.15, 0.2) is 0 Å². The number of halogens is 1. The van der Waals surface area contributed by atoms with Crippen molar-refractivity contribution in [1.82, 2.24) is 20.4 Å². The number of carbonyl (C=O) groups is 1. The Balaban J connectivity index is 1.65. The van der Waals surface area contributed by atoms with Crippen LogP contribution in [0.1, 0.15) is 47.9 Å². The Labute approximate surface area is 141 Å². The predicted molar refractivity (Wildman–Crippen MR) is 90.7 cm³/mol. The van der Waals surface area contributed by atoms with Crippen molar-refractivity contribution in [3.8, 4) is 0 Å². The van der Waals surface area contributed by atoms with Gasteiger partial charge in [-0.15, -0.1) is 0 Å². The fourth-order valence-electron chi connectivity index (χ4n) is 2.85. The molecule has 1 aliphatic heterocycles. The molecule has 6 heteroatoms. The first-order valence-corrected chi connectivity index (χ1v) is 8.33. The number of hydrogen-bond donors (Lipinski definition) is 2. The van der Waals surface area contributed by atoms with E-state index in [2.05, 4.69) is 15.7 Å². The maximum Gasteiger partial charge on any atom is 0.272 e. The first kappa shape index (κ1) is 16.0. The largest absolute Gasteiger partial charge is 0.344 e. The minimum atomic E-state index is -0.167. The van der Waals surface area contributed by atoms with Crippen molar-refractivity contribution in [2.24, 2.45) is 0 Å². The van der Waals surface area contributed by atoms with E-state index in [4.69, 9.17) is 11.6 Å². The van der Waals surface area contributed by atoms with Gasteiger partial charge in [-0.2, -0.15) is 5.10 Å². The van der Waals surface area contributed by atoms with E-state index in [0.29, 0.717) is 16.8 Å². The number of carbonyl (C=O) groups excluding carboxylic acids is 1. The fourth-order valence-corrected chi connectivity index (χ4v) is 3.05. The van der Waals surface area contributed by atoms with Crippen LogP contribution in [0.5, 0.6) is 0 Å². The van der Waals surface area contributed by atoms with Gasteiger partial charge in [-0.3, -0.25) is 9.48 Å². The van der Waals surface area contributed by atoms with Crippen LogP contribution in [0.15, 0.2) is 36.5 Å². The van der Waals surface area contributed by atoms with Crippen LogP contribution < -0.4 is 10.6 Å². The molecule has 2 N–H and O–H groups in total. The number of aromatic nitrogens is 2. The lowest BCUT2D eigenvalue weighted by Gasteiger charge is -2.22. The summed E-state index contributed by atoms with van der Waals surface area (Å²) < 4.78 is 1.89. The van der Waals surface area contributed by atoms with Crippen molar-refractivity contribution in [2.75, 3.05) is 13.1 Å². The van der Waals surface area contributed by atoms with Gasteiger partial charge in [0.25, 0.3) is 5.91 Å². The van der Waals surface area contributed by atoms with E-state index in [-0.39, 0.29) is 11.9 Å². The minimum Gasteiger partial charge on any atom is -0.344 e. The van der Waals surface area contributed by atoms with Gasteiger partial charge in [0, 0.05) is 17.8 Å². The molecule has 5 nitrogen and oxygen atoms in total. The van der Waals surface area contributed by atoms with Crippen LogP contribution in [0.2, 0.25) is 5.02 Å². The van der Waals surface area contributed by atoms with Crippen molar-refractivity contribution >= 4 is 17.5 Å². The molecule has 1 saturated heterocycles. The first-order chi connectivity index (χ1) is 11.1. The Hall–Kier alpha value is -1.85. The van der Waals surface area contributed by atoms with Crippen molar-refractivity contribution in [3.05, 3.63) is 52.8 Å². The number of rotatable bonds is 4. The van der Waals surface area contributed by atoms with Crippen molar-refractivity contribution in [3.63, 3.8) is 0 Å². The molecule has 0 bridgehead atoms. The third-order valence-electron chi connectivity index (χ3n) is 4.18. The number of hydrogen-bond acceptors (Lipinski definition) is 3. The molecule has 0 spiro atoms. The van der Waals surface area contributed by atoms with Crippen molar-refractivity contribution in [1.29, 1.82) is 0 Å². The Morgan fingerprint density at radius 3 is 3.09 bits per heavy atom. The Morgan fingerprint density at radius 1 is 1.48 bits per heavy atom. The second-order valence-corrected chi connectivity index (χ2v) is 6.37. The molecule has 23 heavy (non-hydrogen) atoms. The third kappa shape index (κ3) is 3.92. The summed E-state index contributed by atoms with van der Waals surface area (Å²) in [5, 5.41) is 11.4. The highest BCUT2D eigenvalue weighted by molar-refractivity contribution is 6.30. The molecule has 2 aromatic rings. The summed E-state index contributed by atoms with van der Waals surface area (Å²) in [6.45, 7) is 3.90. The van der Waals surface area contributed by atoms with E-state index in [1.807, 2.05) is 42.1 Å². The molecule has 122 valence electrons. The van der Waals surface area contributed by atoms with Crippen molar-refractivity contribution in [2.45, 2.75) is 31.8 Å². The fraction of sp³-hybridized carbons (Fsp3) is 0.412. The summed E-state index contributed by atoms with van der Waals surface area (Å²) in [7, 11) is 0. The Bertz CT molecular complexity index is 679. The van der Waals surface area contributed by atoms with E-state index in [0.717, 1.165) is 31.5 Å². The van der Waals surface area contributed by atoms with Crippen LogP contribution in [0, 0.1) is 0 Å². The zero-order valence-electron chi connectivity index (χ0n) is 13.1. The third-order valence-corrected chi connectivity index (χ3v) is 4.42. The van der Waals surface area contributed by atoms with E-state index in [1.54, 1.807) is 6.07 Å². The SMILES string of the molecule is CC(NC(=O)c1ccn(C2CCCNC2)n1)c1cccc(Cl)c1. The predicted octanol–water partition coefficient (Wildman–Crippen LogP) is 2.95. The maximum absolute atomic E-state index is 12.4. The van der Waals surface area contributed by atoms with Crippen LogP contribution >= 0.6 is 11.6 Å². The summed E-state index contributed by atoms with van der Waals surface area (Å²) in [4.78, 5) is 12.4. The van der Waals surface area contributed by atoms with Crippen LogP contribution in [0.25, 0.3) is 0 Å². The lowest BCUT2D eigenvalue weighted by Crippen LogP contribution is -2.32. The van der Waals surface area contributed by atoms with Crippen molar-refractivity contribution < 1.29 is 4.79 Å². The number of amides is 1. The topological polar surface area (TPSA) is 59.0 Å². The van der Waals surface area contributed by atoms with Gasteiger partial charge in [0.05, 0.1) is 12.1 Å². The van der Waals surface area contributed by atoms with Gasteiger partial charge in [-0.1, -0.05) is 23.7 Å². The summed E-state index contributed by atoms with van der Waals surface area (Å²) in [5.41, 5.74) is 1.42. The van der Waals surface area contributed by atoms with E-state index in [9.17, 15) is 4.79 Å². The molecule has 0 radical (unpaired) electrons. The molecule has 1 amide bonds. The van der Waals surface area contributed by atoms with E-state index in [1.165, 1.54) is 0 Å². The number of nitrogens with one attached hydrogen (secondary N) is 2. The van der Waals surface area contributed by atoms with Crippen LogP contribution in [-0.4, -0.2) is 28.8 Å². The second-order valence-electron chi connectivity index (χ2n) is 5.93. The number of piperidine rings is 1. The Morgan fingerprint density at radius 2 is 2.35 bits per heavy atom. The summed E-state index contributed by atoms with van der Waals surface area (Å²) in [6, 6.07) is 9.49. The molecule has 2 atom stereocenters. The smallest absolute Gasteiger partial charge is 0.272 e. The molecule has 1 aliphatic rings. The highest BCUT2D eigenvalue weighted by Crippen LogP contribution is 2.18. The molecule has 1 aromatic carbocycles. The van der Waals surface area contributed by atoms with E-state index >= 15 is 0 Å². The van der Waals surface area contributed by atoms with E-state index < -0.39 is 0 Å². The van der Waals surface area contributed by atoms with Crippen LogP contribution in [0.4, 0.5) is 0 Å². The van der Waals surface area contributed by atoms with Gasteiger partial charge in [-0.05, 0) is 50.1 Å². The van der Waals surface area contributed by atoms with Gasteiger partial charge in [-0.25, -0.2) is 0 Å². The average Bonchev–Trinajstić information content (AvgIpc) is 3.06. The summed E-state index contributed by atoms with van der Waals surface area (Å²) in [6.07, 6.45) is 4.11. The van der Waals surface area contributed by atoms with Gasteiger partial charge in [0.1, 0.15) is 5.69 Å². The second kappa shape index (κ2) is 7.15. The molecular formula is C17H21ClN4O. The molecule has 0 aliphatic carbocycles. The highest BCUT2D eigenvalue weighted by atomic mass is 35.5. The lowest BCUT2D eigenvalue weighted by atomic mass is 10.1. The highest BCUT2D eigenvalue weighted by Gasteiger charge is 2.18. The molecular weight excluding hydrogens is 312 g/mol. The van der Waals surface area contributed by atoms with Crippen LogP contribution in [0.3, 0.4) is 0 Å². The molecule has 1 fully saturated rings.